The van der Waals surface area contributed by atoms with Crippen molar-refractivity contribution in [1.82, 2.24) is 0 Å². The van der Waals surface area contributed by atoms with Crippen LogP contribution in [0.5, 0.6) is 0 Å². The molecule has 0 saturated heterocycles. The third kappa shape index (κ3) is 8.37. The smallest absolute Gasteiger partial charge is 0.453 e. The summed E-state index contributed by atoms with van der Waals surface area (Å²) in [5.41, 5.74) is 0. The van der Waals surface area contributed by atoms with E-state index in [0.717, 1.165) is 0 Å². The van der Waals surface area contributed by atoms with Crippen molar-refractivity contribution in [2.24, 2.45) is 0 Å². The summed E-state index contributed by atoms with van der Waals surface area (Å²) < 4.78 is 51.4. The van der Waals surface area contributed by atoms with Gasteiger partial charge in [-0.1, -0.05) is 13.8 Å². The fourth-order valence-corrected chi connectivity index (χ4v) is 1.28. The standard InChI is InChI=1S/C13H23F3O4/c1-5-10(7-18-9(3)4)19-8-11(6-2)20-12(17)13(14,15)16/h9-11H,5-8H2,1-4H3. The highest BCUT2D eigenvalue weighted by atomic mass is 19.4. The molecule has 0 aromatic carbocycles. The number of hydrogen-bond acceptors (Lipinski definition) is 4. The molecule has 0 aliphatic carbocycles. The van der Waals surface area contributed by atoms with Gasteiger partial charge in [-0.3, -0.25) is 0 Å². The van der Waals surface area contributed by atoms with E-state index in [2.05, 4.69) is 4.74 Å². The Labute approximate surface area is 117 Å². The van der Waals surface area contributed by atoms with E-state index in [-0.39, 0.29) is 25.2 Å². The number of rotatable bonds is 9. The number of hydrogen-bond donors (Lipinski definition) is 0. The van der Waals surface area contributed by atoms with Crippen LogP contribution in [0.2, 0.25) is 0 Å². The molecular weight excluding hydrogens is 277 g/mol. The molecule has 0 N–H and O–H groups in total. The zero-order valence-corrected chi connectivity index (χ0v) is 12.3. The summed E-state index contributed by atoms with van der Waals surface area (Å²) in [6.45, 7) is 7.57. The van der Waals surface area contributed by atoms with Crippen molar-refractivity contribution in [3.8, 4) is 0 Å². The Morgan fingerprint density at radius 2 is 1.50 bits per heavy atom. The molecule has 2 unspecified atom stereocenters. The summed E-state index contributed by atoms with van der Waals surface area (Å²) in [6.07, 6.45) is -5.14. The van der Waals surface area contributed by atoms with Crippen LogP contribution in [0.4, 0.5) is 13.2 Å². The van der Waals surface area contributed by atoms with Gasteiger partial charge in [-0.25, -0.2) is 4.79 Å². The van der Waals surface area contributed by atoms with Crippen molar-refractivity contribution in [1.29, 1.82) is 0 Å². The molecule has 0 aliphatic heterocycles. The van der Waals surface area contributed by atoms with E-state index in [9.17, 15) is 18.0 Å². The molecule has 0 spiro atoms. The first-order valence-electron chi connectivity index (χ1n) is 6.71. The summed E-state index contributed by atoms with van der Waals surface area (Å²) >= 11 is 0. The zero-order valence-electron chi connectivity index (χ0n) is 12.3. The van der Waals surface area contributed by atoms with Gasteiger partial charge in [-0.15, -0.1) is 0 Å². The summed E-state index contributed by atoms with van der Waals surface area (Å²) in [5, 5.41) is 0. The molecule has 0 aromatic rings. The second-order valence-electron chi connectivity index (χ2n) is 4.68. The molecule has 4 nitrogen and oxygen atoms in total. The van der Waals surface area contributed by atoms with Crippen LogP contribution >= 0.6 is 0 Å². The normalized spacial score (nSPS) is 15.2. The molecule has 20 heavy (non-hydrogen) atoms. The lowest BCUT2D eigenvalue weighted by Crippen LogP contribution is -2.33. The van der Waals surface area contributed by atoms with Crippen LogP contribution in [0.15, 0.2) is 0 Å². The number of esters is 1. The third-order valence-electron chi connectivity index (χ3n) is 2.55. The minimum Gasteiger partial charge on any atom is -0.453 e. The molecule has 0 heterocycles. The van der Waals surface area contributed by atoms with Crippen LogP contribution in [-0.4, -0.2) is 43.7 Å². The largest absolute Gasteiger partial charge is 0.490 e. The van der Waals surface area contributed by atoms with E-state index in [1.54, 1.807) is 6.92 Å². The highest BCUT2D eigenvalue weighted by Gasteiger charge is 2.42. The first-order valence-corrected chi connectivity index (χ1v) is 6.71. The van der Waals surface area contributed by atoms with Crippen molar-refractivity contribution in [2.45, 2.75) is 65.0 Å². The average Bonchev–Trinajstić information content (AvgIpc) is 2.35. The van der Waals surface area contributed by atoms with Gasteiger partial charge in [0.25, 0.3) is 0 Å². The maximum Gasteiger partial charge on any atom is 0.490 e. The molecular formula is C13H23F3O4. The van der Waals surface area contributed by atoms with E-state index < -0.39 is 18.2 Å². The van der Waals surface area contributed by atoms with Gasteiger partial charge in [0, 0.05) is 0 Å². The molecule has 0 radical (unpaired) electrons. The van der Waals surface area contributed by atoms with Crippen molar-refractivity contribution in [3.63, 3.8) is 0 Å². The Morgan fingerprint density at radius 3 is 1.90 bits per heavy atom. The van der Waals surface area contributed by atoms with E-state index in [4.69, 9.17) is 9.47 Å². The van der Waals surface area contributed by atoms with Crippen molar-refractivity contribution in [3.05, 3.63) is 0 Å². The molecule has 0 fully saturated rings. The lowest BCUT2D eigenvalue weighted by Gasteiger charge is -2.22. The summed E-state index contributed by atoms with van der Waals surface area (Å²) in [6, 6.07) is 0. The number of carbonyl (C=O) groups is 1. The minimum absolute atomic E-state index is 0.0534. The van der Waals surface area contributed by atoms with Gasteiger partial charge in [0.1, 0.15) is 6.10 Å². The lowest BCUT2D eigenvalue weighted by molar-refractivity contribution is -0.208. The molecule has 0 aromatic heterocycles. The first kappa shape index (κ1) is 19.2. The quantitative estimate of drug-likeness (QED) is 0.614. The fraction of sp³-hybridized carbons (Fsp3) is 0.923. The molecule has 0 amide bonds. The second-order valence-corrected chi connectivity index (χ2v) is 4.68. The Hall–Kier alpha value is -0.820. The maximum absolute atomic E-state index is 12.1. The summed E-state index contributed by atoms with van der Waals surface area (Å²) in [5.74, 6) is -2.18. The van der Waals surface area contributed by atoms with E-state index in [1.165, 1.54) is 0 Å². The van der Waals surface area contributed by atoms with Crippen LogP contribution in [-0.2, 0) is 19.0 Å². The van der Waals surface area contributed by atoms with Gasteiger partial charge >= 0.3 is 12.1 Å². The van der Waals surface area contributed by atoms with E-state index in [1.807, 2.05) is 20.8 Å². The lowest BCUT2D eigenvalue weighted by atomic mass is 10.2. The Kier molecular flexibility index (Phi) is 8.80. The predicted molar refractivity (Wildman–Crippen MR) is 67.3 cm³/mol. The average molecular weight is 300 g/mol. The van der Waals surface area contributed by atoms with Crippen molar-refractivity contribution < 1.29 is 32.2 Å². The maximum atomic E-state index is 12.1. The Balaban J connectivity index is 4.19. The Bertz CT molecular complexity index is 279. The van der Waals surface area contributed by atoms with Crippen LogP contribution in [0.3, 0.4) is 0 Å². The van der Waals surface area contributed by atoms with Crippen LogP contribution in [0.1, 0.15) is 40.5 Å². The van der Waals surface area contributed by atoms with Crippen LogP contribution in [0, 0.1) is 0 Å². The topological polar surface area (TPSA) is 44.8 Å². The molecule has 0 bridgehead atoms. The Morgan fingerprint density at radius 1 is 1.00 bits per heavy atom. The molecule has 0 saturated carbocycles. The van der Waals surface area contributed by atoms with Gasteiger partial charge < -0.3 is 14.2 Å². The number of alkyl halides is 3. The molecule has 0 rings (SSSR count). The number of carbonyl (C=O) groups excluding carboxylic acids is 1. The van der Waals surface area contributed by atoms with E-state index in [0.29, 0.717) is 13.0 Å². The van der Waals surface area contributed by atoms with E-state index >= 15 is 0 Å². The monoisotopic (exact) mass is 300 g/mol. The molecule has 7 heteroatoms. The van der Waals surface area contributed by atoms with Gasteiger partial charge in [0.2, 0.25) is 0 Å². The number of ether oxygens (including phenoxy) is 3. The van der Waals surface area contributed by atoms with Gasteiger partial charge in [-0.2, -0.15) is 13.2 Å². The first-order chi connectivity index (χ1) is 9.20. The van der Waals surface area contributed by atoms with Crippen LogP contribution < -0.4 is 0 Å². The third-order valence-corrected chi connectivity index (χ3v) is 2.55. The summed E-state index contributed by atoms with van der Waals surface area (Å²) in [7, 11) is 0. The van der Waals surface area contributed by atoms with Gasteiger partial charge in [-0.05, 0) is 26.7 Å². The van der Waals surface area contributed by atoms with Gasteiger partial charge in [0.05, 0.1) is 25.4 Å². The summed E-state index contributed by atoms with van der Waals surface area (Å²) in [4.78, 5) is 10.7. The number of halogens is 3. The van der Waals surface area contributed by atoms with Crippen LogP contribution in [0.25, 0.3) is 0 Å². The second kappa shape index (κ2) is 9.18. The molecule has 120 valence electrons. The SMILES string of the molecule is CCC(COC(C)C)OCC(CC)OC(=O)C(F)(F)F. The fourth-order valence-electron chi connectivity index (χ4n) is 1.28. The van der Waals surface area contributed by atoms with Crippen molar-refractivity contribution >= 4 is 5.97 Å². The predicted octanol–water partition coefficient (Wildman–Crippen LogP) is 3.09. The molecule has 0 aliphatic rings. The minimum atomic E-state index is -4.97. The highest BCUT2D eigenvalue weighted by Crippen LogP contribution is 2.18. The van der Waals surface area contributed by atoms with Crippen molar-refractivity contribution in [2.75, 3.05) is 13.2 Å². The molecule has 2 atom stereocenters. The van der Waals surface area contributed by atoms with Gasteiger partial charge in [0.15, 0.2) is 0 Å². The zero-order chi connectivity index (χ0) is 15.8. The highest BCUT2D eigenvalue weighted by molar-refractivity contribution is 5.75.